The van der Waals surface area contributed by atoms with E-state index in [0.29, 0.717) is 0 Å². The summed E-state index contributed by atoms with van der Waals surface area (Å²) in [5.74, 6) is 0.138. The molecule has 0 aromatic carbocycles. The van der Waals surface area contributed by atoms with Gasteiger partial charge in [0.15, 0.2) is 0 Å². The van der Waals surface area contributed by atoms with Crippen LogP contribution in [0.25, 0.3) is 0 Å². The third-order valence-corrected chi connectivity index (χ3v) is 3.23. The van der Waals surface area contributed by atoms with E-state index in [4.69, 9.17) is 0 Å². The molecule has 0 spiro atoms. The Bertz CT molecular complexity index is 210. The molecule has 13 heavy (non-hydrogen) atoms. The van der Waals surface area contributed by atoms with E-state index in [0.717, 1.165) is 32.1 Å². The quantitative estimate of drug-likeness (QED) is 0.676. The van der Waals surface area contributed by atoms with Crippen molar-refractivity contribution in [3.8, 4) is 0 Å². The maximum atomic E-state index is 11.5. The molecular formula is C11H18O2. The second-order valence-corrected chi connectivity index (χ2v) is 3.95. The Morgan fingerprint density at radius 2 is 2.46 bits per heavy atom. The first-order chi connectivity index (χ1) is 6.13. The zero-order valence-electron chi connectivity index (χ0n) is 8.25. The van der Waals surface area contributed by atoms with Crippen molar-refractivity contribution in [3.05, 3.63) is 12.7 Å². The van der Waals surface area contributed by atoms with Gasteiger partial charge in [0.05, 0.1) is 11.5 Å². The Morgan fingerprint density at radius 1 is 1.77 bits per heavy atom. The zero-order chi connectivity index (χ0) is 9.90. The van der Waals surface area contributed by atoms with Gasteiger partial charge in [0.25, 0.3) is 0 Å². The number of hydrogen-bond donors (Lipinski definition) is 1. The maximum absolute atomic E-state index is 11.5. The van der Waals surface area contributed by atoms with E-state index in [9.17, 15) is 9.90 Å². The lowest BCUT2D eigenvalue weighted by Gasteiger charge is -2.29. The zero-order valence-corrected chi connectivity index (χ0v) is 8.25. The van der Waals surface area contributed by atoms with Gasteiger partial charge in [0.2, 0.25) is 0 Å². The number of carbonyl (C=O) groups is 1. The first-order valence-electron chi connectivity index (χ1n) is 4.93. The molecule has 1 N–H and O–H groups in total. The third-order valence-electron chi connectivity index (χ3n) is 3.23. The molecule has 0 unspecified atom stereocenters. The van der Waals surface area contributed by atoms with Crippen LogP contribution in [0.2, 0.25) is 0 Å². The van der Waals surface area contributed by atoms with E-state index in [1.165, 1.54) is 0 Å². The van der Waals surface area contributed by atoms with Crippen LogP contribution in [0.3, 0.4) is 0 Å². The Labute approximate surface area is 79.6 Å². The fourth-order valence-corrected chi connectivity index (χ4v) is 2.29. The molecule has 0 bridgehead atoms. The van der Waals surface area contributed by atoms with E-state index in [1.54, 1.807) is 6.92 Å². The van der Waals surface area contributed by atoms with Crippen LogP contribution < -0.4 is 0 Å². The van der Waals surface area contributed by atoms with Crippen LogP contribution in [0, 0.1) is 5.41 Å². The summed E-state index contributed by atoms with van der Waals surface area (Å²) in [6, 6.07) is 0. The number of hydrogen-bond acceptors (Lipinski definition) is 2. The van der Waals surface area contributed by atoms with E-state index < -0.39 is 11.5 Å². The van der Waals surface area contributed by atoms with E-state index in [2.05, 4.69) is 6.58 Å². The van der Waals surface area contributed by atoms with Crippen molar-refractivity contribution in [1.29, 1.82) is 0 Å². The van der Waals surface area contributed by atoms with Crippen LogP contribution >= 0.6 is 0 Å². The Hall–Kier alpha value is -0.630. The minimum absolute atomic E-state index is 0.138. The molecular weight excluding hydrogens is 164 g/mol. The van der Waals surface area contributed by atoms with E-state index >= 15 is 0 Å². The highest BCUT2D eigenvalue weighted by molar-refractivity contribution is 5.83. The number of carbonyl (C=O) groups excluding carboxylic acids is 1. The molecule has 2 atom stereocenters. The number of aliphatic hydroxyl groups excluding tert-OH is 1. The predicted octanol–water partition coefficient (Wildman–Crippen LogP) is 2.07. The Balaban J connectivity index is 2.74. The number of allylic oxidation sites excluding steroid dienone is 1. The van der Waals surface area contributed by atoms with Crippen molar-refractivity contribution < 1.29 is 9.90 Å². The molecule has 2 nitrogen and oxygen atoms in total. The molecule has 0 amide bonds. The van der Waals surface area contributed by atoms with Gasteiger partial charge in [-0.05, 0) is 39.0 Å². The summed E-state index contributed by atoms with van der Waals surface area (Å²) in [5, 5.41) is 9.78. The molecule has 0 aromatic heterocycles. The average Bonchev–Trinajstić information content (AvgIpc) is 2.45. The lowest BCUT2D eigenvalue weighted by molar-refractivity contribution is -0.132. The predicted molar refractivity (Wildman–Crippen MR) is 52.4 cm³/mol. The molecule has 0 heterocycles. The van der Waals surface area contributed by atoms with Gasteiger partial charge in [0.1, 0.15) is 5.78 Å². The van der Waals surface area contributed by atoms with Crippen molar-refractivity contribution in [1.82, 2.24) is 0 Å². The maximum Gasteiger partial charge on any atom is 0.138 e. The second-order valence-electron chi connectivity index (χ2n) is 3.95. The highest BCUT2D eigenvalue weighted by atomic mass is 16.3. The summed E-state index contributed by atoms with van der Waals surface area (Å²) in [4.78, 5) is 11.5. The summed E-state index contributed by atoms with van der Waals surface area (Å²) < 4.78 is 0. The fourth-order valence-electron chi connectivity index (χ4n) is 2.29. The molecule has 2 heteroatoms. The summed E-state index contributed by atoms with van der Waals surface area (Å²) in [5.41, 5.74) is -0.450. The van der Waals surface area contributed by atoms with Crippen LogP contribution in [0.15, 0.2) is 12.7 Å². The monoisotopic (exact) mass is 182 g/mol. The van der Waals surface area contributed by atoms with Crippen molar-refractivity contribution in [2.45, 2.75) is 45.1 Å². The van der Waals surface area contributed by atoms with Gasteiger partial charge in [-0.1, -0.05) is 6.08 Å². The van der Waals surface area contributed by atoms with Gasteiger partial charge in [-0.25, -0.2) is 0 Å². The third kappa shape index (κ3) is 1.83. The van der Waals surface area contributed by atoms with Gasteiger partial charge in [-0.3, -0.25) is 4.79 Å². The Kier molecular flexibility index (Phi) is 3.26. The summed E-state index contributed by atoms with van der Waals surface area (Å²) in [6.45, 7) is 5.24. The number of ketones is 1. The van der Waals surface area contributed by atoms with Crippen LogP contribution in [0.5, 0.6) is 0 Å². The van der Waals surface area contributed by atoms with Crippen LogP contribution in [0.4, 0.5) is 0 Å². The van der Waals surface area contributed by atoms with Crippen molar-refractivity contribution in [3.63, 3.8) is 0 Å². The van der Waals surface area contributed by atoms with Crippen molar-refractivity contribution in [2.24, 2.45) is 5.41 Å². The van der Waals surface area contributed by atoms with Crippen LogP contribution in [-0.2, 0) is 4.79 Å². The Morgan fingerprint density at radius 3 is 2.85 bits per heavy atom. The topological polar surface area (TPSA) is 37.3 Å². The van der Waals surface area contributed by atoms with Gasteiger partial charge < -0.3 is 5.11 Å². The van der Waals surface area contributed by atoms with E-state index in [1.807, 2.05) is 6.08 Å². The summed E-state index contributed by atoms with van der Waals surface area (Å²) in [7, 11) is 0. The van der Waals surface area contributed by atoms with Gasteiger partial charge in [-0.2, -0.15) is 0 Å². The molecule has 1 aliphatic carbocycles. The van der Waals surface area contributed by atoms with Gasteiger partial charge >= 0.3 is 0 Å². The largest absolute Gasteiger partial charge is 0.392 e. The normalized spacial score (nSPS) is 33.2. The number of Topliss-reactive ketones (excluding diaryl/α,β-unsaturated/α-hetero) is 1. The minimum Gasteiger partial charge on any atom is -0.392 e. The molecule has 0 aliphatic heterocycles. The number of rotatable bonds is 4. The molecule has 1 fully saturated rings. The SMILES string of the molecule is C=CCC[C@]1(C(C)=O)CCC[C@H]1O. The van der Waals surface area contributed by atoms with Gasteiger partial charge in [-0.15, -0.1) is 6.58 Å². The van der Waals surface area contributed by atoms with E-state index in [-0.39, 0.29) is 5.78 Å². The fraction of sp³-hybridized carbons (Fsp3) is 0.727. The van der Waals surface area contributed by atoms with Crippen molar-refractivity contribution >= 4 is 5.78 Å². The van der Waals surface area contributed by atoms with Gasteiger partial charge in [0, 0.05) is 0 Å². The van der Waals surface area contributed by atoms with Crippen LogP contribution in [0.1, 0.15) is 39.0 Å². The molecule has 1 aliphatic rings. The highest BCUT2D eigenvalue weighted by Gasteiger charge is 2.44. The molecule has 1 saturated carbocycles. The lowest BCUT2D eigenvalue weighted by atomic mass is 9.76. The summed E-state index contributed by atoms with van der Waals surface area (Å²) >= 11 is 0. The number of aliphatic hydroxyl groups is 1. The van der Waals surface area contributed by atoms with Crippen LogP contribution in [-0.4, -0.2) is 17.0 Å². The molecule has 0 aromatic rings. The average molecular weight is 182 g/mol. The first kappa shape index (κ1) is 10.5. The molecule has 0 saturated heterocycles. The highest BCUT2D eigenvalue weighted by Crippen LogP contribution is 2.43. The van der Waals surface area contributed by atoms with Crippen molar-refractivity contribution in [2.75, 3.05) is 0 Å². The second kappa shape index (κ2) is 4.05. The summed E-state index contributed by atoms with van der Waals surface area (Å²) in [6.07, 6.45) is 5.55. The molecule has 0 radical (unpaired) electrons. The lowest BCUT2D eigenvalue weighted by Crippen LogP contribution is -2.36. The smallest absolute Gasteiger partial charge is 0.138 e. The molecule has 74 valence electrons. The first-order valence-corrected chi connectivity index (χ1v) is 4.93. The standard InChI is InChI=1S/C11H18O2/c1-3-4-7-11(9(2)12)8-5-6-10(11)13/h3,10,13H,1,4-8H2,2H3/t10-,11-/m1/s1. The minimum atomic E-state index is -0.450. The molecule has 1 rings (SSSR count).